The van der Waals surface area contributed by atoms with E-state index in [9.17, 15) is 8.76 Å². The second-order valence-corrected chi connectivity index (χ2v) is 3.93. The maximum atomic E-state index is 10.8. The van der Waals surface area contributed by atoms with E-state index in [0.717, 1.165) is 6.42 Å². The van der Waals surface area contributed by atoms with E-state index in [-0.39, 0.29) is 11.0 Å². The zero-order valence-corrected chi connectivity index (χ0v) is 9.04. The Balaban J connectivity index is 2.90. The quantitative estimate of drug-likeness (QED) is 0.720. The minimum atomic E-state index is -2.23. The van der Waals surface area contributed by atoms with Crippen LogP contribution in [0, 0.1) is 0 Å². The van der Waals surface area contributed by atoms with Gasteiger partial charge in [0.15, 0.2) is 0 Å². The minimum absolute atomic E-state index is 0.0275. The highest BCUT2D eigenvalue weighted by Crippen LogP contribution is 2.22. The zero-order chi connectivity index (χ0) is 10.6. The van der Waals surface area contributed by atoms with Gasteiger partial charge in [0.1, 0.15) is 5.75 Å². The first kappa shape index (κ1) is 11.2. The molecule has 0 saturated heterocycles. The van der Waals surface area contributed by atoms with E-state index >= 15 is 0 Å². The van der Waals surface area contributed by atoms with Crippen molar-refractivity contribution in [2.24, 2.45) is 0 Å². The van der Waals surface area contributed by atoms with E-state index < -0.39 is 11.1 Å². The highest BCUT2D eigenvalue weighted by molar-refractivity contribution is 7.79. The molecule has 1 aromatic carbocycles. The summed E-state index contributed by atoms with van der Waals surface area (Å²) in [6.45, 7) is 3.89. The summed E-state index contributed by atoms with van der Waals surface area (Å²) in [4.78, 5) is 0.216. The molecule has 2 unspecified atom stereocenters. The fourth-order valence-corrected chi connectivity index (χ4v) is 1.46. The zero-order valence-electron chi connectivity index (χ0n) is 8.23. The van der Waals surface area contributed by atoms with Crippen LogP contribution in [-0.2, 0) is 11.1 Å². The van der Waals surface area contributed by atoms with Crippen molar-refractivity contribution in [3.63, 3.8) is 0 Å². The van der Waals surface area contributed by atoms with Crippen LogP contribution < -0.4 is 4.74 Å². The fraction of sp³-hybridized carbons (Fsp3) is 0.400. The van der Waals surface area contributed by atoms with Gasteiger partial charge in [-0.1, -0.05) is 19.1 Å². The SMILES string of the molecule is CCC(C)Oc1ccccc1S(=O)[O-]. The lowest BCUT2D eigenvalue weighted by Gasteiger charge is -2.16. The average molecular weight is 213 g/mol. The summed E-state index contributed by atoms with van der Waals surface area (Å²) in [5, 5.41) is 0. The lowest BCUT2D eigenvalue weighted by Crippen LogP contribution is -2.11. The van der Waals surface area contributed by atoms with Crippen LogP contribution in [0.3, 0.4) is 0 Å². The normalized spacial score (nSPS) is 14.8. The van der Waals surface area contributed by atoms with Gasteiger partial charge in [-0.05, 0) is 36.6 Å². The number of ether oxygens (including phenoxy) is 1. The van der Waals surface area contributed by atoms with Crippen LogP contribution in [0.1, 0.15) is 20.3 Å². The number of para-hydroxylation sites is 1. The molecule has 0 spiro atoms. The fourth-order valence-electron chi connectivity index (χ4n) is 0.985. The first-order valence-electron chi connectivity index (χ1n) is 4.50. The van der Waals surface area contributed by atoms with Crippen LogP contribution in [0.25, 0.3) is 0 Å². The Labute approximate surface area is 86.4 Å². The Bertz CT molecular complexity index is 325. The Morgan fingerprint density at radius 1 is 1.50 bits per heavy atom. The molecule has 0 N–H and O–H groups in total. The van der Waals surface area contributed by atoms with Crippen LogP contribution in [0.2, 0.25) is 0 Å². The van der Waals surface area contributed by atoms with E-state index in [2.05, 4.69) is 0 Å². The summed E-state index contributed by atoms with van der Waals surface area (Å²) >= 11 is -2.23. The largest absolute Gasteiger partial charge is 0.768 e. The van der Waals surface area contributed by atoms with E-state index in [4.69, 9.17) is 4.74 Å². The smallest absolute Gasteiger partial charge is 0.134 e. The van der Waals surface area contributed by atoms with Gasteiger partial charge in [-0.15, -0.1) is 0 Å². The van der Waals surface area contributed by atoms with Crippen molar-refractivity contribution in [2.45, 2.75) is 31.3 Å². The first-order chi connectivity index (χ1) is 6.65. The van der Waals surface area contributed by atoms with E-state index in [1.165, 1.54) is 6.07 Å². The molecule has 78 valence electrons. The maximum absolute atomic E-state index is 10.8. The highest BCUT2D eigenvalue weighted by Gasteiger charge is 2.06. The maximum Gasteiger partial charge on any atom is 0.134 e. The summed E-state index contributed by atoms with van der Waals surface area (Å²) in [5.74, 6) is 0.426. The van der Waals surface area contributed by atoms with Gasteiger partial charge in [0.25, 0.3) is 0 Å². The van der Waals surface area contributed by atoms with Gasteiger partial charge in [-0.2, -0.15) is 0 Å². The van der Waals surface area contributed by atoms with Gasteiger partial charge < -0.3 is 9.29 Å². The van der Waals surface area contributed by atoms with E-state index in [1.807, 2.05) is 13.8 Å². The van der Waals surface area contributed by atoms with Crippen molar-refractivity contribution in [1.82, 2.24) is 0 Å². The second kappa shape index (κ2) is 5.12. The van der Waals surface area contributed by atoms with Crippen LogP contribution >= 0.6 is 0 Å². The van der Waals surface area contributed by atoms with Crippen molar-refractivity contribution >= 4 is 11.1 Å². The summed E-state index contributed by atoms with van der Waals surface area (Å²) in [6, 6.07) is 6.63. The van der Waals surface area contributed by atoms with Crippen molar-refractivity contribution in [3.05, 3.63) is 24.3 Å². The van der Waals surface area contributed by atoms with Crippen LogP contribution in [0.15, 0.2) is 29.2 Å². The summed E-state index contributed by atoms with van der Waals surface area (Å²) < 4.78 is 27.1. The van der Waals surface area contributed by atoms with Gasteiger partial charge in [0, 0.05) is 0 Å². The molecule has 1 rings (SSSR count). The summed E-state index contributed by atoms with van der Waals surface area (Å²) in [7, 11) is 0. The Morgan fingerprint density at radius 3 is 2.71 bits per heavy atom. The van der Waals surface area contributed by atoms with Crippen LogP contribution in [-0.4, -0.2) is 14.9 Å². The molecular formula is C10H13O3S-. The molecule has 0 amide bonds. The molecule has 0 radical (unpaired) electrons. The molecule has 0 fully saturated rings. The van der Waals surface area contributed by atoms with Gasteiger partial charge in [-0.25, -0.2) is 0 Å². The third-order valence-corrected chi connectivity index (χ3v) is 2.63. The molecule has 2 atom stereocenters. The first-order valence-corrected chi connectivity index (χ1v) is 5.57. The highest BCUT2D eigenvalue weighted by atomic mass is 32.2. The molecule has 0 aliphatic rings. The number of hydrogen-bond acceptors (Lipinski definition) is 3. The molecule has 0 heterocycles. The number of hydrogen-bond donors (Lipinski definition) is 0. The van der Waals surface area contributed by atoms with Gasteiger partial charge in [0.05, 0.1) is 11.0 Å². The van der Waals surface area contributed by atoms with Crippen molar-refractivity contribution in [1.29, 1.82) is 0 Å². The van der Waals surface area contributed by atoms with Crippen LogP contribution in [0.4, 0.5) is 0 Å². The lowest BCUT2D eigenvalue weighted by molar-refractivity contribution is 0.211. The number of rotatable bonds is 4. The second-order valence-electron chi connectivity index (χ2n) is 3.02. The molecule has 0 bridgehead atoms. The summed E-state index contributed by atoms with van der Waals surface area (Å²) in [6.07, 6.45) is 0.875. The van der Waals surface area contributed by atoms with Crippen molar-refractivity contribution in [2.75, 3.05) is 0 Å². The topological polar surface area (TPSA) is 49.4 Å². The predicted octanol–water partition coefficient (Wildman–Crippen LogP) is 2.10. The molecule has 4 heteroatoms. The van der Waals surface area contributed by atoms with E-state index in [1.54, 1.807) is 18.2 Å². The number of benzene rings is 1. The Morgan fingerprint density at radius 2 is 2.14 bits per heavy atom. The molecule has 0 aliphatic carbocycles. The third-order valence-electron chi connectivity index (χ3n) is 1.93. The average Bonchev–Trinajstić information content (AvgIpc) is 2.18. The molecule has 3 nitrogen and oxygen atoms in total. The molecule has 0 saturated carbocycles. The summed E-state index contributed by atoms with van der Waals surface area (Å²) in [5.41, 5.74) is 0. The third kappa shape index (κ3) is 2.82. The van der Waals surface area contributed by atoms with Crippen molar-refractivity contribution in [3.8, 4) is 5.75 Å². The monoisotopic (exact) mass is 213 g/mol. The molecule has 0 aromatic heterocycles. The van der Waals surface area contributed by atoms with Gasteiger partial charge in [0.2, 0.25) is 0 Å². The molecule has 1 aromatic rings. The van der Waals surface area contributed by atoms with E-state index in [0.29, 0.717) is 5.75 Å². The van der Waals surface area contributed by atoms with Crippen molar-refractivity contribution < 1.29 is 13.5 Å². The standard InChI is InChI=1S/C10H14O3S/c1-3-8(2)13-9-6-4-5-7-10(9)14(11)12/h4-8H,3H2,1-2H3,(H,11,12)/p-1. The Kier molecular flexibility index (Phi) is 4.10. The lowest BCUT2D eigenvalue weighted by atomic mass is 10.3. The van der Waals surface area contributed by atoms with Gasteiger partial charge >= 0.3 is 0 Å². The predicted molar refractivity (Wildman–Crippen MR) is 54.0 cm³/mol. The molecular weight excluding hydrogens is 200 g/mol. The Hall–Kier alpha value is -0.870. The minimum Gasteiger partial charge on any atom is -0.768 e. The molecule has 14 heavy (non-hydrogen) atoms. The van der Waals surface area contributed by atoms with Gasteiger partial charge in [-0.3, -0.25) is 4.21 Å². The van der Waals surface area contributed by atoms with Crippen LogP contribution in [0.5, 0.6) is 5.75 Å². The molecule has 0 aliphatic heterocycles.